The highest BCUT2D eigenvalue weighted by Gasteiger charge is 2.21. The highest BCUT2D eigenvalue weighted by Crippen LogP contribution is 2.26. The van der Waals surface area contributed by atoms with Gasteiger partial charge in [-0.2, -0.15) is 0 Å². The second-order valence-corrected chi connectivity index (χ2v) is 6.39. The highest BCUT2D eigenvalue weighted by atomic mass is 32.1. The lowest BCUT2D eigenvalue weighted by atomic mass is 10.2. The maximum atomic E-state index is 11.3. The summed E-state index contributed by atoms with van der Waals surface area (Å²) in [6.45, 7) is 4.63. The standard InChI is InChI=1S/C16H20N2O3S/c1-11(16(20)21)18(8-7-17-12(2)19)10-14-9-13-5-3-4-6-15(13)22-14/h3-6,9,11H,7-8,10H2,1-2H3,(H,17,19)(H,20,21). The zero-order valence-corrected chi connectivity index (χ0v) is 13.5. The molecule has 22 heavy (non-hydrogen) atoms. The number of fused-ring (bicyclic) bond motifs is 1. The molecule has 0 aliphatic rings. The summed E-state index contributed by atoms with van der Waals surface area (Å²) in [6, 6.07) is 9.60. The Bertz CT molecular complexity index is 635. The van der Waals surface area contributed by atoms with Crippen molar-refractivity contribution in [3.8, 4) is 0 Å². The van der Waals surface area contributed by atoms with Crippen molar-refractivity contribution in [1.82, 2.24) is 10.2 Å². The molecular formula is C16H20N2O3S. The van der Waals surface area contributed by atoms with Gasteiger partial charge in [0.2, 0.25) is 5.91 Å². The van der Waals surface area contributed by atoms with E-state index >= 15 is 0 Å². The van der Waals surface area contributed by atoms with Crippen molar-refractivity contribution >= 4 is 33.3 Å². The molecule has 5 nitrogen and oxygen atoms in total. The van der Waals surface area contributed by atoms with Gasteiger partial charge < -0.3 is 10.4 Å². The first-order valence-electron chi connectivity index (χ1n) is 7.16. The van der Waals surface area contributed by atoms with Crippen LogP contribution in [0.2, 0.25) is 0 Å². The first-order chi connectivity index (χ1) is 10.5. The molecule has 0 bridgehead atoms. The van der Waals surface area contributed by atoms with Crippen molar-refractivity contribution in [3.05, 3.63) is 35.2 Å². The van der Waals surface area contributed by atoms with Gasteiger partial charge in [-0.3, -0.25) is 14.5 Å². The summed E-state index contributed by atoms with van der Waals surface area (Å²) in [5.41, 5.74) is 0. The van der Waals surface area contributed by atoms with Crippen LogP contribution >= 0.6 is 11.3 Å². The van der Waals surface area contributed by atoms with Gasteiger partial charge in [0.05, 0.1) is 0 Å². The lowest BCUT2D eigenvalue weighted by Crippen LogP contribution is -2.42. The molecule has 0 fully saturated rings. The normalized spacial score (nSPS) is 12.5. The van der Waals surface area contributed by atoms with Crippen LogP contribution in [-0.4, -0.2) is 41.0 Å². The van der Waals surface area contributed by atoms with E-state index in [1.807, 2.05) is 17.0 Å². The van der Waals surface area contributed by atoms with E-state index in [-0.39, 0.29) is 5.91 Å². The summed E-state index contributed by atoms with van der Waals surface area (Å²) >= 11 is 1.67. The number of nitrogens with one attached hydrogen (secondary N) is 1. The molecule has 2 N–H and O–H groups in total. The summed E-state index contributed by atoms with van der Waals surface area (Å²) in [6.07, 6.45) is 0. The number of amides is 1. The van der Waals surface area contributed by atoms with Crippen LogP contribution in [-0.2, 0) is 16.1 Å². The summed E-state index contributed by atoms with van der Waals surface area (Å²) < 4.78 is 1.20. The van der Waals surface area contributed by atoms with E-state index < -0.39 is 12.0 Å². The van der Waals surface area contributed by atoms with E-state index in [1.54, 1.807) is 18.3 Å². The topological polar surface area (TPSA) is 69.6 Å². The molecule has 1 heterocycles. The molecule has 1 unspecified atom stereocenters. The minimum absolute atomic E-state index is 0.107. The average molecular weight is 320 g/mol. The van der Waals surface area contributed by atoms with Gasteiger partial charge in [0.15, 0.2) is 0 Å². The highest BCUT2D eigenvalue weighted by molar-refractivity contribution is 7.19. The third kappa shape index (κ3) is 4.29. The predicted molar refractivity (Wildman–Crippen MR) is 88.0 cm³/mol. The number of carbonyl (C=O) groups excluding carboxylic acids is 1. The van der Waals surface area contributed by atoms with Gasteiger partial charge in [-0.15, -0.1) is 11.3 Å². The Morgan fingerprint density at radius 2 is 2.09 bits per heavy atom. The van der Waals surface area contributed by atoms with Crippen LogP contribution in [0, 0.1) is 0 Å². The van der Waals surface area contributed by atoms with Gasteiger partial charge in [-0.25, -0.2) is 0 Å². The lowest BCUT2D eigenvalue weighted by Gasteiger charge is -2.25. The van der Waals surface area contributed by atoms with E-state index in [0.29, 0.717) is 19.6 Å². The quantitative estimate of drug-likeness (QED) is 0.821. The number of carboxylic acid groups (broad SMARTS) is 1. The zero-order chi connectivity index (χ0) is 16.1. The number of aliphatic carboxylic acids is 1. The third-order valence-electron chi connectivity index (χ3n) is 3.51. The average Bonchev–Trinajstić information content (AvgIpc) is 2.87. The van der Waals surface area contributed by atoms with Crippen LogP contribution < -0.4 is 5.32 Å². The maximum Gasteiger partial charge on any atom is 0.320 e. The number of carbonyl (C=O) groups is 2. The molecule has 1 amide bonds. The van der Waals surface area contributed by atoms with E-state index in [9.17, 15) is 14.7 Å². The van der Waals surface area contributed by atoms with Gasteiger partial charge in [0, 0.05) is 36.1 Å². The van der Waals surface area contributed by atoms with Crippen LogP contribution in [0.15, 0.2) is 30.3 Å². The van der Waals surface area contributed by atoms with Gasteiger partial charge in [0.25, 0.3) is 0 Å². The van der Waals surface area contributed by atoms with Crippen LogP contribution in [0.1, 0.15) is 18.7 Å². The minimum Gasteiger partial charge on any atom is -0.480 e. The molecule has 6 heteroatoms. The molecule has 2 rings (SSSR count). The molecule has 118 valence electrons. The van der Waals surface area contributed by atoms with Crippen molar-refractivity contribution < 1.29 is 14.7 Å². The van der Waals surface area contributed by atoms with Crippen LogP contribution in [0.3, 0.4) is 0 Å². The lowest BCUT2D eigenvalue weighted by molar-refractivity contribution is -0.142. The van der Waals surface area contributed by atoms with Gasteiger partial charge in [-0.05, 0) is 24.4 Å². The fourth-order valence-corrected chi connectivity index (χ4v) is 3.35. The Kier molecular flexibility index (Phi) is 5.51. The van der Waals surface area contributed by atoms with Crippen molar-refractivity contribution in [2.24, 2.45) is 0 Å². The van der Waals surface area contributed by atoms with E-state index in [4.69, 9.17) is 0 Å². The molecule has 1 atom stereocenters. The zero-order valence-electron chi connectivity index (χ0n) is 12.7. The predicted octanol–water partition coefficient (Wildman–Crippen LogP) is 2.31. The van der Waals surface area contributed by atoms with Crippen LogP contribution in [0.4, 0.5) is 0 Å². The summed E-state index contributed by atoms with van der Waals surface area (Å²) in [5.74, 6) is -0.964. The number of benzene rings is 1. The van der Waals surface area contributed by atoms with Crippen LogP contribution in [0.5, 0.6) is 0 Å². The minimum atomic E-state index is -0.857. The second-order valence-electron chi connectivity index (χ2n) is 5.22. The number of rotatable bonds is 7. The SMILES string of the molecule is CC(=O)NCCN(Cc1cc2ccccc2s1)C(C)C(=O)O. The molecular weight excluding hydrogens is 300 g/mol. The monoisotopic (exact) mass is 320 g/mol. The van der Waals surface area contributed by atoms with E-state index in [0.717, 1.165) is 4.88 Å². The molecule has 0 saturated heterocycles. The van der Waals surface area contributed by atoms with E-state index in [1.165, 1.54) is 17.0 Å². The Morgan fingerprint density at radius 1 is 1.36 bits per heavy atom. The van der Waals surface area contributed by atoms with Gasteiger partial charge in [-0.1, -0.05) is 18.2 Å². The summed E-state index contributed by atoms with van der Waals surface area (Å²) in [5, 5.41) is 13.1. The Balaban J connectivity index is 2.10. The van der Waals surface area contributed by atoms with E-state index in [2.05, 4.69) is 23.5 Å². The van der Waals surface area contributed by atoms with Crippen LogP contribution in [0.25, 0.3) is 10.1 Å². The molecule has 0 aliphatic heterocycles. The number of thiophene rings is 1. The fourth-order valence-electron chi connectivity index (χ4n) is 2.26. The Morgan fingerprint density at radius 3 is 2.73 bits per heavy atom. The molecule has 0 spiro atoms. The Labute approximate surface area is 133 Å². The number of nitrogens with zero attached hydrogens (tertiary/aromatic N) is 1. The summed E-state index contributed by atoms with van der Waals surface area (Å²) in [4.78, 5) is 25.2. The largest absolute Gasteiger partial charge is 0.480 e. The smallest absolute Gasteiger partial charge is 0.320 e. The molecule has 1 aromatic carbocycles. The van der Waals surface area contributed by atoms with Gasteiger partial charge >= 0.3 is 5.97 Å². The number of hydrogen-bond acceptors (Lipinski definition) is 4. The van der Waals surface area contributed by atoms with Crippen molar-refractivity contribution in [2.45, 2.75) is 26.4 Å². The second kappa shape index (κ2) is 7.38. The number of carboxylic acids is 1. The first-order valence-corrected chi connectivity index (χ1v) is 7.98. The molecule has 0 aliphatic carbocycles. The maximum absolute atomic E-state index is 11.3. The van der Waals surface area contributed by atoms with Crippen molar-refractivity contribution in [2.75, 3.05) is 13.1 Å². The molecule has 2 aromatic rings. The fraction of sp³-hybridized carbons (Fsp3) is 0.375. The molecule has 1 aromatic heterocycles. The molecule has 0 radical (unpaired) electrons. The summed E-state index contributed by atoms with van der Waals surface area (Å²) in [7, 11) is 0. The Hall–Kier alpha value is -1.92. The molecule has 0 saturated carbocycles. The van der Waals surface area contributed by atoms with Crippen molar-refractivity contribution in [1.29, 1.82) is 0 Å². The third-order valence-corrected chi connectivity index (χ3v) is 4.61. The number of hydrogen-bond donors (Lipinski definition) is 2. The van der Waals surface area contributed by atoms with Crippen molar-refractivity contribution in [3.63, 3.8) is 0 Å². The first kappa shape index (κ1) is 16.5. The van der Waals surface area contributed by atoms with Gasteiger partial charge in [0.1, 0.15) is 6.04 Å².